The lowest BCUT2D eigenvalue weighted by atomic mass is 10.1. The first kappa shape index (κ1) is 11.3. The Morgan fingerprint density at radius 3 is 2.69 bits per heavy atom. The molecule has 0 aliphatic heterocycles. The van der Waals surface area contributed by atoms with Gasteiger partial charge in [0.25, 0.3) is 0 Å². The Morgan fingerprint density at radius 2 is 1.88 bits per heavy atom. The zero-order chi connectivity index (χ0) is 11.4. The highest BCUT2D eigenvalue weighted by atomic mass is 32.1. The number of thiol groups is 1. The molecule has 0 aromatic heterocycles. The molecule has 0 saturated heterocycles. The second-order valence-electron chi connectivity index (χ2n) is 3.62. The second kappa shape index (κ2) is 5.23. The summed E-state index contributed by atoms with van der Waals surface area (Å²) in [4.78, 5) is 0. The van der Waals surface area contributed by atoms with E-state index in [9.17, 15) is 5.11 Å². The highest BCUT2D eigenvalue weighted by Crippen LogP contribution is 2.25. The summed E-state index contributed by atoms with van der Waals surface area (Å²) >= 11 is 4.01. The first-order valence-electron chi connectivity index (χ1n) is 5.21. The molecule has 3 heteroatoms. The number of aliphatic hydroxyl groups excluding tert-OH is 1. The third-order valence-electron chi connectivity index (χ3n) is 2.39. The van der Waals surface area contributed by atoms with Gasteiger partial charge < -0.3 is 9.84 Å². The molecule has 0 aliphatic rings. The molecule has 2 aromatic carbocycles. The summed E-state index contributed by atoms with van der Waals surface area (Å²) in [7, 11) is 0. The molecule has 0 fully saturated rings. The van der Waals surface area contributed by atoms with Gasteiger partial charge in [0.1, 0.15) is 12.4 Å². The lowest BCUT2D eigenvalue weighted by Crippen LogP contribution is -2.18. The Balaban J connectivity index is 2.23. The van der Waals surface area contributed by atoms with Gasteiger partial charge in [-0.2, -0.15) is 12.6 Å². The fraction of sp³-hybridized carbons (Fsp3) is 0.231. The maximum atomic E-state index is 9.39. The number of fused-ring (bicyclic) bond motifs is 1. The van der Waals surface area contributed by atoms with Crippen LogP contribution in [0.1, 0.15) is 0 Å². The molecule has 1 atom stereocenters. The van der Waals surface area contributed by atoms with Crippen LogP contribution < -0.4 is 4.74 Å². The monoisotopic (exact) mass is 234 g/mol. The minimum atomic E-state index is -0.526. The van der Waals surface area contributed by atoms with Crippen LogP contribution in [0, 0.1) is 0 Å². The molecule has 2 aromatic rings. The predicted molar refractivity (Wildman–Crippen MR) is 69.3 cm³/mol. The van der Waals surface area contributed by atoms with E-state index in [0.717, 1.165) is 16.5 Å². The molecule has 84 valence electrons. The molecule has 2 nitrogen and oxygen atoms in total. The van der Waals surface area contributed by atoms with E-state index in [2.05, 4.69) is 12.6 Å². The molecule has 1 N–H and O–H groups in total. The number of hydrogen-bond donors (Lipinski definition) is 2. The normalized spacial score (nSPS) is 12.6. The smallest absolute Gasteiger partial charge is 0.127 e. The second-order valence-corrected chi connectivity index (χ2v) is 3.99. The van der Waals surface area contributed by atoms with Gasteiger partial charge in [-0.05, 0) is 11.5 Å². The highest BCUT2D eigenvalue weighted by molar-refractivity contribution is 7.80. The topological polar surface area (TPSA) is 29.5 Å². The van der Waals surface area contributed by atoms with Gasteiger partial charge in [0, 0.05) is 11.1 Å². The summed E-state index contributed by atoms with van der Waals surface area (Å²) in [6.45, 7) is 0.275. The Bertz CT molecular complexity index is 465. The summed E-state index contributed by atoms with van der Waals surface area (Å²) in [6, 6.07) is 13.9. The van der Waals surface area contributed by atoms with Crippen molar-refractivity contribution in [3.63, 3.8) is 0 Å². The summed E-state index contributed by atoms with van der Waals surface area (Å²) < 4.78 is 5.57. The van der Waals surface area contributed by atoms with Crippen molar-refractivity contribution < 1.29 is 9.84 Å². The summed E-state index contributed by atoms with van der Waals surface area (Å²) in [5.74, 6) is 1.21. The van der Waals surface area contributed by atoms with Crippen LogP contribution >= 0.6 is 12.6 Å². The molecule has 16 heavy (non-hydrogen) atoms. The van der Waals surface area contributed by atoms with Crippen molar-refractivity contribution >= 4 is 23.4 Å². The fourth-order valence-corrected chi connectivity index (χ4v) is 1.67. The highest BCUT2D eigenvalue weighted by Gasteiger charge is 2.04. The van der Waals surface area contributed by atoms with Gasteiger partial charge in [-0.15, -0.1) is 0 Å². The van der Waals surface area contributed by atoms with Gasteiger partial charge in [-0.25, -0.2) is 0 Å². The van der Waals surface area contributed by atoms with Crippen LogP contribution in [-0.4, -0.2) is 23.6 Å². The van der Waals surface area contributed by atoms with Crippen molar-refractivity contribution in [1.82, 2.24) is 0 Å². The van der Waals surface area contributed by atoms with Crippen molar-refractivity contribution in [1.29, 1.82) is 0 Å². The molecule has 0 bridgehead atoms. The largest absolute Gasteiger partial charge is 0.490 e. The quantitative estimate of drug-likeness (QED) is 0.796. The predicted octanol–water partition coefficient (Wildman–Crippen LogP) is 2.51. The van der Waals surface area contributed by atoms with Crippen LogP contribution in [0.3, 0.4) is 0 Å². The maximum absolute atomic E-state index is 9.39. The van der Waals surface area contributed by atoms with Crippen molar-refractivity contribution in [2.75, 3.05) is 12.4 Å². The van der Waals surface area contributed by atoms with E-state index >= 15 is 0 Å². The molecule has 2 rings (SSSR count). The van der Waals surface area contributed by atoms with E-state index < -0.39 is 6.10 Å². The number of hydrogen-bond acceptors (Lipinski definition) is 3. The maximum Gasteiger partial charge on any atom is 0.127 e. The Morgan fingerprint density at radius 1 is 1.12 bits per heavy atom. The van der Waals surface area contributed by atoms with Crippen LogP contribution in [0.15, 0.2) is 42.5 Å². The van der Waals surface area contributed by atoms with Crippen molar-refractivity contribution in [2.45, 2.75) is 6.10 Å². The molecule has 0 aliphatic carbocycles. The molecule has 0 heterocycles. The van der Waals surface area contributed by atoms with Gasteiger partial charge in [0.15, 0.2) is 0 Å². The Kier molecular flexibility index (Phi) is 3.70. The minimum absolute atomic E-state index is 0.275. The van der Waals surface area contributed by atoms with Crippen molar-refractivity contribution in [2.24, 2.45) is 0 Å². The van der Waals surface area contributed by atoms with Crippen LogP contribution in [0.5, 0.6) is 5.75 Å². The summed E-state index contributed by atoms with van der Waals surface area (Å²) in [5.41, 5.74) is 0. The molecule has 0 spiro atoms. The minimum Gasteiger partial charge on any atom is -0.490 e. The lowest BCUT2D eigenvalue weighted by molar-refractivity contribution is 0.127. The summed E-state index contributed by atoms with van der Waals surface area (Å²) in [5, 5.41) is 11.6. The van der Waals surface area contributed by atoms with Crippen LogP contribution in [-0.2, 0) is 0 Å². The van der Waals surface area contributed by atoms with E-state index in [1.54, 1.807) is 0 Å². The van der Waals surface area contributed by atoms with E-state index in [4.69, 9.17) is 4.74 Å². The van der Waals surface area contributed by atoms with Crippen molar-refractivity contribution in [3.8, 4) is 5.75 Å². The summed E-state index contributed by atoms with van der Waals surface area (Å²) in [6.07, 6.45) is -0.526. The van der Waals surface area contributed by atoms with Crippen LogP contribution in [0.4, 0.5) is 0 Å². The van der Waals surface area contributed by atoms with E-state index in [1.807, 2.05) is 42.5 Å². The lowest BCUT2D eigenvalue weighted by Gasteiger charge is -2.11. The standard InChI is InChI=1S/C13H14O2S/c14-11(9-16)8-15-13-7-3-5-10-4-1-2-6-12(10)13/h1-7,11,14,16H,8-9H2. The number of rotatable bonds is 4. The molecular weight excluding hydrogens is 220 g/mol. The molecule has 0 amide bonds. The average Bonchev–Trinajstić information content (AvgIpc) is 2.35. The van der Waals surface area contributed by atoms with Gasteiger partial charge in [0.2, 0.25) is 0 Å². The van der Waals surface area contributed by atoms with Gasteiger partial charge >= 0.3 is 0 Å². The molecule has 0 radical (unpaired) electrons. The third-order valence-corrected chi connectivity index (χ3v) is 2.81. The first-order chi connectivity index (χ1) is 7.81. The zero-order valence-electron chi connectivity index (χ0n) is 8.84. The fourth-order valence-electron chi connectivity index (χ4n) is 1.56. The van der Waals surface area contributed by atoms with E-state index in [-0.39, 0.29) is 6.61 Å². The van der Waals surface area contributed by atoms with E-state index in [0.29, 0.717) is 5.75 Å². The zero-order valence-corrected chi connectivity index (χ0v) is 9.73. The molecule has 1 unspecified atom stereocenters. The molecular formula is C13H14O2S. The number of aliphatic hydroxyl groups is 1. The van der Waals surface area contributed by atoms with Gasteiger partial charge in [-0.1, -0.05) is 36.4 Å². The van der Waals surface area contributed by atoms with Crippen LogP contribution in [0.25, 0.3) is 10.8 Å². The number of benzene rings is 2. The third kappa shape index (κ3) is 2.49. The van der Waals surface area contributed by atoms with Gasteiger partial charge in [-0.3, -0.25) is 0 Å². The SMILES string of the molecule is OC(CS)COc1cccc2ccccc12. The Hall–Kier alpha value is -1.19. The Labute approximate surface area is 100 Å². The van der Waals surface area contributed by atoms with Gasteiger partial charge in [0.05, 0.1) is 6.10 Å². The van der Waals surface area contributed by atoms with E-state index in [1.165, 1.54) is 0 Å². The first-order valence-corrected chi connectivity index (χ1v) is 5.84. The van der Waals surface area contributed by atoms with Crippen molar-refractivity contribution in [3.05, 3.63) is 42.5 Å². The number of ether oxygens (including phenoxy) is 1. The van der Waals surface area contributed by atoms with Crippen LogP contribution in [0.2, 0.25) is 0 Å². The average molecular weight is 234 g/mol. The molecule has 0 saturated carbocycles.